The fourth-order valence-corrected chi connectivity index (χ4v) is 1.09. The van der Waals surface area contributed by atoms with E-state index in [1.165, 1.54) is 0 Å². The van der Waals surface area contributed by atoms with E-state index in [0.29, 0.717) is 18.2 Å². The van der Waals surface area contributed by atoms with Gasteiger partial charge in [0.15, 0.2) is 5.69 Å². The number of rotatable bonds is 3. The average molecular weight is 211 g/mol. The van der Waals surface area contributed by atoms with Crippen molar-refractivity contribution < 1.29 is 9.53 Å². The van der Waals surface area contributed by atoms with Crippen molar-refractivity contribution in [2.75, 3.05) is 12.3 Å². The molecule has 0 amide bonds. The number of hydrogen-bond donors (Lipinski definition) is 1. The van der Waals surface area contributed by atoms with Gasteiger partial charge in [-0.05, 0) is 12.8 Å². The molecule has 0 radical (unpaired) electrons. The van der Waals surface area contributed by atoms with Crippen LogP contribution in [0.3, 0.4) is 0 Å². The Hall–Kier alpha value is -1.52. The van der Waals surface area contributed by atoms with E-state index in [-0.39, 0.29) is 5.69 Å². The molecule has 0 fully saturated rings. The average Bonchev–Trinajstić information content (AvgIpc) is 2.42. The molecule has 1 aromatic heterocycles. The minimum atomic E-state index is -0.454. The van der Waals surface area contributed by atoms with Crippen molar-refractivity contribution in [3.05, 3.63) is 11.4 Å². The monoisotopic (exact) mass is 211 g/mol. The molecular formula is C10H17N3O2. The van der Waals surface area contributed by atoms with Gasteiger partial charge in [-0.15, -0.1) is 0 Å². The van der Waals surface area contributed by atoms with Crippen molar-refractivity contribution in [1.82, 2.24) is 9.78 Å². The molecule has 5 nitrogen and oxygen atoms in total. The van der Waals surface area contributed by atoms with Crippen LogP contribution in [0.2, 0.25) is 0 Å². The molecule has 0 saturated heterocycles. The topological polar surface area (TPSA) is 70.1 Å². The minimum Gasteiger partial charge on any atom is -0.461 e. The molecule has 0 aliphatic rings. The van der Waals surface area contributed by atoms with E-state index in [0.717, 1.165) is 5.69 Å². The molecule has 0 atom stereocenters. The Bertz CT molecular complexity index is 369. The molecule has 15 heavy (non-hydrogen) atoms. The smallest absolute Gasteiger partial charge is 0.361 e. The summed E-state index contributed by atoms with van der Waals surface area (Å²) in [6, 6.07) is 0. The predicted molar refractivity (Wildman–Crippen MR) is 57.5 cm³/mol. The van der Waals surface area contributed by atoms with Crippen LogP contribution < -0.4 is 5.73 Å². The zero-order valence-corrected chi connectivity index (χ0v) is 9.57. The molecule has 84 valence electrons. The van der Waals surface area contributed by atoms with Crippen molar-refractivity contribution in [2.24, 2.45) is 13.0 Å². The lowest BCUT2D eigenvalue weighted by molar-refractivity contribution is 0.0452. The van der Waals surface area contributed by atoms with E-state index in [1.807, 2.05) is 20.8 Å². The number of aryl methyl sites for hydroxylation is 1. The summed E-state index contributed by atoms with van der Waals surface area (Å²) in [5, 5.41) is 4.00. The molecule has 0 spiro atoms. The van der Waals surface area contributed by atoms with Crippen molar-refractivity contribution >= 4 is 11.7 Å². The molecular weight excluding hydrogens is 194 g/mol. The number of nitrogens with zero attached hydrogens (tertiary/aromatic N) is 2. The number of nitrogen functional groups attached to an aromatic ring is 1. The van der Waals surface area contributed by atoms with Crippen LogP contribution in [0.1, 0.15) is 30.0 Å². The van der Waals surface area contributed by atoms with Crippen LogP contribution in [-0.2, 0) is 11.8 Å². The maximum atomic E-state index is 11.6. The Balaban J connectivity index is 2.78. The number of hydrogen-bond acceptors (Lipinski definition) is 4. The molecule has 1 heterocycles. The summed E-state index contributed by atoms with van der Waals surface area (Å²) in [6.45, 7) is 6.13. The number of nitrogens with two attached hydrogens (primary N) is 1. The highest BCUT2D eigenvalue weighted by Gasteiger charge is 2.18. The molecule has 0 bridgehead atoms. The molecule has 5 heteroatoms. The van der Waals surface area contributed by atoms with E-state index < -0.39 is 5.97 Å². The Labute approximate surface area is 89.2 Å². The first-order chi connectivity index (χ1) is 6.93. The molecule has 0 aliphatic heterocycles. The van der Waals surface area contributed by atoms with E-state index >= 15 is 0 Å². The standard InChI is InChI=1S/C10H17N3O2/c1-6(2)5-15-10(14)9-8(11)7(3)13(4)12-9/h6H,5,11H2,1-4H3. The van der Waals surface area contributed by atoms with Gasteiger partial charge in [0.2, 0.25) is 0 Å². The third kappa shape index (κ3) is 2.49. The highest BCUT2D eigenvalue weighted by Crippen LogP contribution is 2.16. The molecule has 1 aromatic rings. The van der Waals surface area contributed by atoms with Gasteiger partial charge in [-0.25, -0.2) is 4.79 Å². The fourth-order valence-electron chi connectivity index (χ4n) is 1.09. The molecule has 1 rings (SSSR count). The number of esters is 1. The first kappa shape index (κ1) is 11.6. The predicted octanol–water partition coefficient (Wildman–Crippen LogP) is 1.12. The van der Waals surface area contributed by atoms with Gasteiger partial charge in [0.1, 0.15) is 0 Å². The quantitative estimate of drug-likeness (QED) is 0.761. The fraction of sp³-hybridized carbons (Fsp3) is 0.600. The summed E-state index contributed by atoms with van der Waals surface area (Å²) in [7, 11) is 1.74. The van der Waals surface area contributed by atoms with Crippen molar-refractivity contribution in [3.8, 4) is 0 Å². The summed E-state index contributed by atoms with van der Waals surface area (Å²) in [5.41, 5.74) is 7.10. The van der Waals surface area contributed by atoms with Gasteiger partial charge in [-0.1, -0.05) is 13.8 Å². The number of carbonyl (C=O) groups excluding carboxylic acids is 1. The highest BCUT2D eigenvalue weighted by molar-refractivity contribution is 5.93. The number of ether oxygens (including phenoxy) is 1. The lowest BCUT2D eigenvalue weighted by Gasteiger charge is -2.05. The SMILES string of the molecule is Cc1c(N)c(C(=O)OCC(C)C)nn1C. The lowest BCUT2D eigenvalue weighted by Crippen LogP contribution is -2.12. The Morgan fingerprint density at radius 1 is 1.60 bits per heavy atom. The summed E-state index contributed by atoms with van der Waals surface area (Å²) in [5.74, 6) is -0.148. The van der Waals surface area contributed by atoms with Crippen LogP contribution in [0.5, 0.6) is 0 Å². The van der Waals surface area contributed by atoms with Crippen molar-refractivity contribution in [3.63, 3.8) is 0 Å². The Morgan fingerprint density at radius 3 is 2.60 bits per heavy atom. The second kappa shape index (κ2) is 4.33. The van der Waals surface area contributed by atoms with Crippen LogP contribution in [0, 0.1) is 12.8 Å². The highest BCUT2D eigenvalue weighted by atomic mass is 16.5. The van der Waals surface area contributed by atoms with Crippen LogP contribution in [0.4, 0.5) is 5.69 Å². The van der Waals surface area contributed by atoms with Crippen LogP contribution in [-0.4, -0.2) is 22.4 Å². The number of carbonyl (C=O) groups is 1. The van der Waals surface area contributed by atoms with E-state index in [1.54, 1.807) is 11.7 Å². The third-order valence-corrected chi connectivity index (χ3v) is 2.12. The maximum Gasteiger partial charge on any atom is 0.361 e. The van der Waals surface area contributed by atoms with Gasteiger partial charge in [-0.3, -0.25) is 4.68 Å². The van der Waals surface area contributed by atoms with Gasteiger partial charge in [0.05, 0.1) is 18.0 Å². The van der Waals surface area contributed by atoms with Crippen LogP contribution in [0.25, 0.3) is 0 Å². The summed E-state index contributed by atoms with van der Waals surface area (Å²) >= 11 is 0. The van der Waals surface area contributed by atoms with Gasteiger partial charge in [0, 0.05) is 7.05 Å². The Kier molecular flexibility index (Phi) is 3.34. The molecule has 0 unspecified atom stereocenters. The van der Waals surface area contributed by atoms with Crippen molar-refractivity contribution in [1.29, 1.82) is 0 Å². The summed E-state index contributed by atoms with van der Waals surface area (Å²) < 4.78 is 6.61. The third-order valence-electron chi connectivity index (χ3n) is 2.12. The number of aromatic nitrogens is 2. The van der Waals surface area contributed by atoms with E-state index in [4.69, 9.17) is 10.5 Å². The normalized spacial score (nSPS) is 10.7. The second-order valence-electron chi connectivity index (χ2n) is 3.96. The zero-order valence-electron chi connectivity index (χ0n) is 9.57. The molecule has 0 aromatic carbocycles. The van der Waals surface area contributed by atoms with Gasteiger partial charge >= 0.3 is 5.97 Å². The maximum absolute atomic E-state index is 11.6. The largest absolute Gasteiger partial charge is 0.461 e. The molecule has 0 aliphatic carbocycles. The molecule has 0 saturated carbocycles. The van der Waals surface area contributed by atoms with Crippen LogP contribution >= 0.6 is 0 Å². The van der Waals surface area contributed by atoms with Gasteiger partial charge < -0.3 is 10.5 Å². The van der Waals surface area contributed by atoms with Gasteiger partial charge in [0.25, 0.3) is 0 Å². The van der Waals surface area contributed by atoms with E-state index in [9.17, 15) is 4.79 Å². The second-order valence-corrected chi connectivity index (χ2v) is 3.96. The lowest BCUT2D eigenvalue weighted by atomic mass is 10.2. The number of anilines is 1. The van der Waals surface area contributed by atoms with Crippen molar-refractivity contribution in [2.45, 2.75) is 20.8 Å². The molecule has 2 N–H and O–H groups in total. The van der Waals surface area contributed by atoms with E-state index in [2.05, 4.69) is 5.10 Å². The first-order valence-electron chi connectivity index (χ1n) is 4.89. The summed E-state index contributed by atoms with van der Waals surface area (Å²) in [6.07, 6.45) is 0. The first-order valence-corrected chi connectivity index (χ1v) is 4.89. The summed E-state index contributed by atoms with van der Waals surface area (Å²) in [4.78, 5) is 11.6. The Morgan fingerprint density at radius 2 is 2.20 bits per heavy atom. The zero-order chi connectivity index (χ0) is 11.6. The van der Waals surface area contributed by atoms with Crippen LogP contribution in [0.15, 0.2) is 0 Å². The van der Waals surface area contributed by atoms with Gasteiger partial charge in [-0.2, -0.15) is 5.10 Å². The minimum absolute atomic E-state index is 0.204.